The predicted octanol–water partition coefficient (Wildman–Crippen LogP) is 2.05. The summed E-state index contributed by atoms with van der Waals surface area (Å²) >= 11 is 4.18. The van der Waals surface area contributed by atoms with Crippen molar-refractivity contribution < 1.29 is 15.3 Å². The van der Waals surface area contributed by atoms with Gasteiger partial charge in [-0.05, 0) is 0 Å². The molecule has 0 fully saturated rings. The third-order valence-electron chi connectivity index (χ3n) is 0.838. The zero-order chi connectivity index (χ0) is 5.82. The van der Waals surface area contributed by atoms with Gasteiger partial charge in [-0.2, -0.15) is 0 Å². The van der Waals surface area contributed by atoms with E-state index in [9.17, 15) is 0 Å². The number of benzene rings is 1. The summed E-state index contributed by atoms with van der Waals surface area (Å²) in [6.07, 6.45) is 0. The molecule has 0 saturated heterocycles. The van der Waals surface area contributed by atoms with Gasteiger partial charge in [0.2, 0.25) is 0 Å². The molecule has 0 spiro atoms. The van der Waals surface area contributed by atoms with Gasteiger partial charge in [-0.15, -0.1) is 0 Å². The number of hydrogen-bond donors (Lipinski definition) is 0. The van der Waals surface area contributed by atoms with Crippen LogP contribution in [0.25, 0.3) is 0 Å². The SMILES string of the molecule is [Ni]=[N]c1ccccc1. The molecule has 0 saturated carbocycles. The number of hydrogen-bond acceptors (Lipinski definition) is 1. The molecule has 0 aromatic heterocycles. The molecule has 44 valence electrons. The molecule has 0 N–H and O–H groups in total. The van der Waals surface area contributed by atoms with Crippen molar-refractivity contribution in [3.8, 4) is 0 Å². The van der Waals surface area contributed by atoms with Crippen molar-refractivity contribution >= 4 is 5.69 Å². The molecule has 0 unspecified atom stereocenters. The van der Waals surface area contributed by atoms with Gasteiger partial charge in [-0.3, -0.25) is 0 Å². The second-order valence-corrected chi connectivity index (χ2v) is 1.63. The summed E-state index contributed by atoms with van der Waals surface area (Å²) in [5.74, 6) is 0. The molecular weight excluding hydrogens is 145 g/mol. The van der Waals surface area contributed by atoms with Crippen LogP contribution >= 0.6 is 0 Å². The van der Waals surface area contributed by atoms with Crippen LogP contribution in [0, 0.1) is 0 Å². The van der Waals surface area contributed by atoms with Crippen LogP contribution in [0.15, 0.2) is 34.4 Å². The first-order chi connectivity index (χ1) is 3.93. The van der Waals surface area contributed by atoms with Crippen LogP contribution in [0.3, 0.4) is 0 Å². The summed E-state index contributed by atoms with van der Waals surface area (Å²) in [5, 5.41) is 0. The van der Waals surface area contributed by atoms with Crippen LogP contribution < -0.4 is 0 Å². The van der Waals surface area contributed by atoms with Crippen LogP contribution in [-0.2, 0) is 15.3 Å². The van der Waals surface area contributed by atoms with Crippen molar-refractivity contribution in [3.05, 3.63) is 30.3 Å². The van der Waals surface area contributed by atoms with E-state index in [1.54, 1.807) is 0 Å². The van der Waals surface area contributed by atoms with E-state index in [0.717, 1.165) is 5.69 Å². The first-order valence-corrected chi connectivity index (χ1v) is 2.72. The number of nitrogens with zero attached hydrogens (tertiary/aromatic N) is 1. The van der Waals surface area contributed by atoms with Gasteiger partial charge in [-0.1, -0.05) is 0 Å². The first kappa shape index (κ1) is 5.65. The molecule has 0 bridgehead atoms. The topological polar surface area (TPSA) is 12.4 Å². The Morgan fingerprint density at radius 1 is 1.12 bits per heavy atom. The molecule has 1 nitrogen and oxygen atoms in total. The summed E-state index contributed by atoms with van der Waals surface area (Å²) in [6.45, 7) is 0. The van der Waals surface area contributed by atoms with E-state index < -0.39 is 0 Å². The minimum atomic E-state index is 0.868. The second kappa shape index (κ2) is 2.73. The molecule has 1 aromatic rings. The molecule has 8 heavy (non-hydrogen) atoms. The van der Waals surface area contributed by atoms with Crippen molar-refractivity contribution in [2.24, 2.45) is 4.03 Å². The van der Waals surface area contributed by atoms with Crippen molar-refractivity contribution in [2.75, 3.05) is 0 Å². The van der Waals surface area contributed by atoms with Gasteiger partial charge in [0.05, 0.1) is 0 Å². The van der Waals surface area contributed by atoms with Gasteiger partial charge in [0.25, 0.3) is 0 Å². The zero-order valence-electron chi connectivity index (χ0n) is 4.15. The Morgan fingerprint density at radius 2 is 1.75 bits per heavy atom. The van der Waals surface area contributed by atoms with E-state index in [1.807, 2.05) is 30.3 Å². The molecule has 1 rings (SSSR count). The maximum atomic E-state index is 4.18. The van der Waals surface area contributed by atoms with Crippen LogP contribution in [0.5, 0.6) is 0 Å². The molecular formula is C6H5NNi. The quantitative estimate of drug-likeness (QED) is 0.543. The summed E-state index contributed by atoms with van der Waals surface area (Å²) in [5.41, 5.74) is 0.868. The first-order valence-electron chi connectivity index (χ1n) is 2.28. The van der Waals surface area contributed by atoms with Gasteiger partial charge < -0.3 is 0 Å². The van der Waals surface area contributed by atoms with Crippen LogP contribution in [0.2, 0.25) is 0 Å². The van der Waals surface area contributed by atoms with E-state index in [4.69, 9.17) is 0 Å². The maximum absolute atomic E-state index is 4.18. The molecule has 0 aliphatic heterocycles. The van der Waals surface area contributed by atoms with Crippen molar-refractivity contribution in [2.45, 2.75) is 0 Å². The Hall–Kier alpha value is -0.486. The van der Waals surface area contributed by atoms with Crippen molar-refractivity contribution in [1.82, 2.24) is 0 Å². The van der Waals surface area contributed by atoms with E-state index in [1.165, 1.54) is 0 Å². The molecule has 0 radical (unpaired) electrons. The Labute approximate surface area is 55.9 Å². The number of rotatable bonds is 1. The summed E-state index contributed by atoms with van der Waals surface area (Å²) in [6, 6.07) is 9.53. The van der Waals surface area contributed by atoms with Crippen molar-refractivity contribution in [1.29, 1.82) is 0 Å². The second-order valence-electron chi connectivity index (χ2n) is 1.41. The summed E-state index contributed by atoms with van der Waals surface area (Å²) in [4.78, 5) is 0. The average Bonchev–Trinajstić information content (AvgIpc) is 1.90. The predicted molar refractivity (Wildman–Crippen MR) is 28.5 cm³/mol. The van der Waals surface area contributed by atoms with Gasteiger partial charge in [0.15, 0.2) is 0 Å². The monoisotopic (exact) mass is 149 g/mol. The molecule has 1 aromatic carbocycles. The molecule has 0 aliphatic carbocycles. The Balaban J connectivity index is 2.99. The van der Waals surface area contributed by atoms with Gasteiger partial charge >= 0.3 is 55.3 Å². The zero-order valence-corrected chi connectivity index (χ0v) is 5.14. The fourth-order valence-electron chi connectivity index (χ4n) is 0.475. The minimum absolute atomic E-state index is 0.868. The summed E-state index contributed by atoms with van der Waals surface area (Å²) < 4.78 is 3.60. The van der Waals surface area contributed by atoms with Gasteiger partial charge in [-0.25, -0.2) is 0 Å². The molecule has 2 heteroatoms. The van der Waals surface area contributed by atoms with Crippen LogP contribution in [0.4, 0.5) is 5.69 Å². The van der Waals surface area contributed by atoms with Gasteiger partial charge in [0.1, 0.15) is 0 Å². The Kier molecular flexibility index (Phi) is 1.93. The van der Waals surface area contributed by atoms with Gasteiger partial charge in [0, 0.05) is 0 Å². The normalized spacial score (nSPS) is 8.75. The molecule has 0 aliphatic rings. The molecule has 0 amide bonds. The molecule has 0 atom stereocenters. The van der Waals surface area contributed by atoms with Crippen molar-refractivity contribution in [3.63, 3.8) is 0 Å². The van der Waals surface area contributed by atoms with E-state index in [2.05, 4.69) is 19.3 Å². The Morgan fingerprint density at radius 3 is 2.12 bits per heavy atom. The van der Waals surface area contributed by atoms with E-state index in [-0.39, 0.29) is 0 Å². The van der Waals surface area contributed by atoms with E-state index in [0.29, 0.717) is 0 Å². The third-order valence-corrected chi connectivity index (χ3v) is 1.09. The van der Waals surface area contributed by atoms with Crippen LogP contribution in [-0.4, -0.2) is 0 Å². The van der Waals surface area contributed by atoms with Crippen LogP contribution in [0.1, 0.15) is 0 Å². The average molecular weight is 150 g/mol. The fraction of sp³-hybridized carbons (Fsp3) is 0. The Bertz CT molecular complexity index is 171. The fourth-order valence-corrected chi connectivity index (χ4v) is 0.622. The summed E-state index contributed by atoms with van der Waals surface area (Å²) in [7, 11) is 0. The molecule has 0 heterocycles. The third kappa shape index (κ3) is 1.24. The standard InChI is InChI=1S/C6H5N.Ni/c7-6-4-2-1-3-5-6;/h1-5H;. The van der Waals surface area contributed by atoms with E-state index >= 15 is 0 Å².